The Labute approximate surface area is 171 Å². The van der Waals surface area contributed by atoms with E-state index in [1.54, 1.807) is 12.1 Å². The summed E-state index contributed by atoms with van der Waals surface area (Å²) >= 11 is 0. The molecule has 0 fully saturated rings. The van der Waals surface area contributed by atoms with Crippen molar-refractivity contribution in [1.29, 1.82) is 0 Å². The molecule has 3 aromatic carbocycles. The van der Waals surface area contributed by atoms with Crippen LogP contribution in [0.15, 0.2) is 77.8 Å². The number of aromatic nitrogens is 1. The van der Waals surface area contributed by atoms with E-state index in [1.165, 1.54) is 0 Å². The van der Waals surface area contributed by atoms with Gasteiger partial charge in [-0.1, -0.05) is 54.6 Å². The quantitative estimate of drug-likeness (QED) is 0.527. The number of nitrogens with zero attached hydrogens (tertiary/aromatic N) is 2. The standard InChI is InChI=1S/C23H25N3O2S/c1-25(2)22(20-16-26(3)21-13-7-6-12-19(20)21)15-24-29(27,28)23-14-8-10-17-9-4-5-11-18(17)23/h4-14,16,22,24H,15H2,1-3H3. The van der Waals surface area contributed by atoms with Crippen molar-refractivity contribution in [2.75, 3.05) is 20.6 Å². The number of fused-ring (bicyclic) bond motifs is 2. The average Bonchev–Trinajstić information content (AvgIpc) is 3.04. The fraction of sp³-hybridized carbons (Fsp3) is 0.217. The Kier molecular flexibility index (Phi) is 5.17. The molecule has 29 heavy (non-hydrogen) atoms. The van der Waals surface area contributed by atoms with E-state index < -0.39 is 10.0 Å². The van der Waals surface area contributed by atoms with Gasteiger partial charge >= 0.3 is 0 Å². The first-order valence-electron chi connectivity index (χ1n) is 9.56. The molecule has 150 valence electrons. The molecular weight excluding hydrogens is 382 g/mol. The molecular formula is C23H25N3O2S. The van der Waals surface area contributed by atoms with Crippen LogP contribution in [0.4, 0.5) is 0 Å². The third kappa shape index (κ3) is 3.67. The Morgan fingerprint density at radius 2 is 1.59 bits per heavy atom. The lowest BCUT2D eigenvalue weighted by Gasteiger charge is -2.24. The van der Waals surface area contributed by atoms with E-state index in [0.717, 1.165) is 27.2 Å². The topological polar surface area (TPSA) is 54.3 Å². The molecule has 1 N–H and O–H groups in total. The second-order valence-corrected chi connectivity index (χ2v) is 9.26. The number of para-hydroxylation sites is 1. The summed E-state index contributed by atoms with van der Waals surface area (Å²) in [5.41, 5.74) is 2.24. The Balaban J connectivity index is 1.68. The first kappa shape index (κ1) is 19.6. The van der Waals surface area contributed by atoms with Crippen LogP contribution in [0.5, 0.6) is 0 Å². The third-order valence-electron chi connectivity index (χ3n) is 5.42. The SMILES string of the molecule is CN(C)C(CNS(=O)(=O)c1cccc2ccccc12)c1cn(C)c2ccccc12. The molecule has 1 unspecified atom stereocenters. The molecule has 0 radical (unpaired) electrons. The van der Waals surface area contributed by atoms with Crippen LogP contribution >= 0.6 is 0 Å². The fourth-order valence-electron chi connectivity index (χ4n) is 3.91. The highest BCUT2D eigenvalue weighted by Crippen LogP contribution is 2.29. The number of likely N-dealkylation sites (N-methyl/N-ethyl adjacent to an activating group) is 1. The molecule has 1 atom stereocenters. The van der Waals surface area contributed by atoms with E-state index in [4.69, 9.17) is 0 Å². The van der Waals surface area contributed by atoms with Crippen LogP contribution in [-0.2, 0) is 17.1 Å². The summed E-state index contributed by atoms with van der Waals surface area (Å²) in [7, 11) is 2.30. The Morgan fingerprint density at radius 3 is 2.34 bits per heavy atom. The van der Waals surface area contributed by atoms with E-state index in [1.807, 2.05) is 68.5 Å². The number of hydrogen-bond acceptors (Lipinski definition) is 3. The van der Waals surface area contributed by atoms with Crippen LogP contribution in [-0.4, -0.2) is 38.5 Å². The number of sulfonamides is 1. The first-order chi connectivity index (χ1) is 13.9. The molecule has 5 nitrogen and oxygen atoms in total. The van der Waals surface area contributed by atoms with Crippen molar-refractivity contribution in [2.24, 2.45) is 7.05 Å². The Hall–Kier alpha value is -2.67. The van der Waals surface area contributed by atoms with Crippen molar-refractivity contribution >= 4 is 31.7 Å². The van der Waals surface area contributed by atoms with Crippen LogP contribution in [0.3, 0.4) is 0 Å². The zero-order valence-corrected chi connectivity index (χ0v) is 17.6. The average molecular weight is 408 g/mol. The van der Waals surface area contributed by atoms with Gasteiger partial charge in [-0.25, -0.2) is 13.1 Å². The molecule has 0 saturated heterocycles. The van der Waals surface area contributed by atoms with Gasteiger partial charge in [0.25, 0.3) is 0 Å². The normalized spacial score (nSPS) is 13.4. The van der Waals surface area contributed by atoms with Crippen LogP contribution in [0, 0.1) is 0 Å². The predicted octanol–water partition coefficient (Wildman–Crippen LogP) is 3.91. The third-order valence-corrected chi connectivity index (χ3v) is 6.90. The van der Waals surface area contributed by atoms with Gasteiger partial charge in [0.2, 0.25) is 10.0 Å². The maximum absolute atomic E-state index is 13.1. The fourth-order valence-corrected chi connectivity index (χ4v) is 5.17. The molecule has 4 aromatic rings. The zero-order valence-electron chi connectivity index (χ0n) is 16.8. The van der Waals surface area contributed by atoms with Gasteiger partial charge in [0.1, 0.15) is 0 Å². The smallest absolute Gasteiger partial charge is 0.241 e. The van der Waals surface area contributed by atoms with E-state index in [0.29, 0.717) is 4.90 Å². The summed E-state index contributed by atoms with van der Waals surface area (Å²) in [5.74, 6) is 0. The van der Waals surface area contributed by atoms with Gasteiger partial charge in [0, 0.05) is 42.1 Å². The Morgan fingerprint density at radius 1 is 0.931 bits per heavy atom. The lowest BCUT2D eigenvalue weighted by atomic mass is 10.1. The summed E-state index contributed by atoms with van der Waals surface area (Å²) in [6.07, 6.45) is 2.08. The minimum absolute atomic E-state index is 0.0918. The van der Waals surface area contributed by atoms with Gasteiger partial charge < -0.3 is 9.47 Å². The Bertz CT molecular complexity index is 1270. The van der Waals surface area contributed by atoms with E-state index >= 15 is 0 Å². The van der Waals surface area contributed by atoms with Crippen molar-refractivity contribution in [3.05, 3.63) is 78.5 Å². The second kappa shape index (κ2) is 7.63. The molecule has 0 bridgehead atoms. The van der Waals surface area contributed by atoms with Crippen molar-refractivity contribution in [3.63, 3.8) is 0 Å². The van der Waals surface area contributed by atoms with E-state index in [-0.39, 0.29) is 12.6 Å². The zero-order chi connectivity index (χ0) is 20.6. The van der Waals surface area contributed by atoms with Crippen molar-refractivity contribution < 1.29 is 8.42 Å². The number of benzene rings is 3. The molecule has 6 heteroatoms. The lowest BCUT2D eigenvalue weighted by molar-refractivity contribution is 0.301. The summed E-state index contributed by atoms with van der Waals surface area (Å²) in [6.45, 7) is 0.284. The summed E-state index contributed by atoms with van der Waals surface area (Å²) in [5, 5.41) is 2.78. The maximum atomic E-state index is 13.1. The molecule has 0 spiro atoms. The highest BCUT2D eigenvalue weighted by atomic mass is 32.2. The minimum atomic E-state index is -3.65. The lowest BCUT2D eigenvalue weighted by Crippen LogP contribution is -2.34. The van der Waals surface area contributed by atoms with Crippen molar-refractivity contribution in [1.82, 2.24) is 14.2 Å². The van der Waals surface area contributed by atoms with Gasteiger partial charge in [-0.2, -0.15) is 0 Å². The highest BCUT2D eigenvalue weighted by molar-refractivity contribution is 7.89. The largest absolute Gasteiger partial charge is 0.350 e. The molecule has 0 aliphatic rings. The van der Waals surface area contributed by atoms with Crippen LogP contribution < -0.4 is 4.72 Å². The van der Waals surface area contributed by atoms with Gasteiger partial charge in [0.05, 0.1) is 4.90 Å². The monoisotopic (exact) mass is 407 g/mol. The van der Waals surface area contributed by atoms with E-state index in [9.17, 15) is 8.42 Å². The summed E-state index contributed by atoms with van der Waals surface area (Å²) in [6, 6.07) is 21.0. The number of hydrogen-bond donors (Lipinski definition) is 1. The number of rotatable bonds is 6. The second-order valence-electron chi connectivity index (χ2n) is 7.52. The molecule has 1 aromatic heterocycles. The van der Waals surface area contributed by atoms with Gasteiger partial charge in [0.15, 0.2) is 0 Å². The first-order valence-corrected chi connectivity index (χ1v) is 11.0. The molecule has 0 aliphatic heterocycles. The van der Waals surface area contributed by atoms with Crippen LogP contribution in [0.2, 0.25) is 0 Å². The predicted molar refractivity (Wildman–Crippen MR) is 118 cm³/mol. The molecule has 0 aliphatic carbocycles. The van der Waals surface area contributed by atoms with E-state index in [2.05, 4.69) is 27.6 Å². The van der Waals surface area contributed by atoms with Gasteiger partial charge in [-0.3, -0.25) is 0 Å². The number of nitrogens with one attached hydrogen (secondary N) is 1. The maximum Gasteiger partial charge on any atom is 0.241 e. The molecule has 0 saturated carbocycles. The van der Waals surface area contributed by atoms with Crippen molar-refractivity contribution in [2.45, 2.75) is 10.9 Å². The molecule has 0 amide bonds. The summed E-state index contributed by atoms with van der Waals surface area (Å²) < 4.78 is 31.2. The van der Waals surface area contributed by atoms with Crippen molar-refractivity contribution in [3.8, 4) is 0 Å². The van der Waals surface area contributed by atoms with Gasteiger partial charge in [-0.05, 0) is 37.2 Å². The van der Waals surface area contributed by atoms with Crippen LogP contribution in [0.1, 0.15) is 11.6 Å². The number of aryl methyl sites for hydroxylation is 1. The van der Waals surface area contributed by atoms with Gasteiger partial charge in [-0.15, -0.1) is 0 Å². The molecule has 1 heterocycles. The summed E-state index contributed by atoms with van der Waals surface area (Å²) in [4.78, 5) is 2.36. The van der Waals surface area contributed by atoms with Crippen LogP contribution in [0.25, 0.3) is 21.7 Å². The molecule has 4 rings (SSSR count). The minimum Gasteiger partial charge on any atom is -0.350 e. The highest BCUT2D eigenvalue weighted by Gasteiger charge is 2.23.